The smallest absolute Gasteiger partial charge is 0.259 e. The van der Waals surface area contributed by atoms with Crippen molar-refractivity contribution in [1.82, 2.24) is 15.1 Å². The van der Waals surface area contributed by atoms with Crippen molar-refractivity contribution in [1.29, 1.82) is 0 Å². The van der Waals surface area contributed by atoms with Crippen LogP contribution in [-0.4, -0.2) is 15.1 Å². The van der Waals surface area contributed by atoms with Crippen LogP contribution >= 0.6 is 11.6 Å². The Morgan fingerprint density at radius 3 is 3.00 bits per heavy atom. The lowest BCUT2D eigenvalue weighted by Crippen LogP contribution is -1.91. The van der Waals surface area contributed by atoms with Gasteiger partial charge in [-0.25, -0.2) is 0 Å². The van der Waals surface area contributed by atoms with Gasteiger partial charge in [-0.1, -0.05) is 12.1 Å². The van der Waals surface area contributed by atoms with Crippen molar-refractivity contribution in [3.63, 3.8) is 0 Å². The van der Waals surface area contributed by atoms with E-state index in [0.717, 1.165) is 17.7 Å². The first kappa shape index (κ1) is 11.1. The minimum atomic E-state index is -0.200. The van der Waals surface area contributed by atoms with Gasteiger partial charge in [0.05, 0.1) is 10.9 Å². The summed E-state index contributed by atoms with van der Waals surface area (Å²) in [5.41, 5.74) is 1.71. The van der Waals surface area contributed by atoms with Crippen LogP contribution in [0.4, 0.5) is 0 Å². The van der Waals surface area contributed by atoms with Gasteiger partial charge in [0.25, 0.3) is 5.89 Å². The first-order chi connectivity index (χ1) is 7.72. The third-order valence-electron chi connectivity index (χ3n) is 2.32. The molecule has 84 valence electrons. The van der Waals surface area contributed by atoms with E-state index >= 15 is 0 Å². The van der Waals surface area contributed by atoms with Crippen LogP contribution in [0.1, 0.15) is 30.2 Å². The summed E-state index contributed by atoms with van der Waals surface area (Å²) in [5, 5.41) is 3.66. The molecule has 0 aromatic carbocycles. The summed E-state index contributed by atoms with van der Waals surface area (Å²) < 4.78 is 5.17. The number of nitrogens with zero attached hydrogens (tertiary/aromatic N) is 3. The zero-order valence-electron chi connectivity index (χ0n) is 9.14. The quantitative estimate of drug-likeness (QED) is 0.770. The van der Waals surface area contributed by atoms with Crippen molar-refractivity contribution in [3.05, 3.63) is 29.8 Å². The standard InChI is InChI=1S/C11H12ClN3O/c1-3-9(12)10-14-11(16-15-10)8-5-4-6-13-7(8)2/h4-6,9H,3H2,1-2H3. The number of hydrogen-bond donors (Lipinski definition) is 0. The predicted molar refractivity (Wildman–Crippen MR) is 61.2 cm³/mol. The molecule has 0 spiro atoms. The van der Waals surface area contributed by atoms with Gasteiger partial charge in [-0.2, -0.15) is 4.98 Å². The molecule has 1 unspecified atom stereocenters. The summed E-state index contributed by atoms with van der Waals surface area (Å²) in [6, 6.07) is 3.74. The molecule has 16 heavy (non-hydrogen) atoms. The van der Waals surface area contributed by atoms with Crippen LogP contribution in [0.3, 0.4) is 0 Å². The molecule has 0 N–H and O–H groups in total. The van der Waals surface area contributed by atoms with Gasteiger partial charge >= 0.3 is 0 Å². The van der Waals surface area contributed by atoms with E-state index in [4.69, 9.17) is 16.1 Å². The zero-order chi connectivity index (χ0) is 11.5. The topological polar surface area (TPSA) is 51.8 Å². The number of alkyl halides is 1. The highest BCUT2D eigenvalue weighted by Gasteiger charge is 2.16. The lowest BCUT2D eigenvalue weighted by molar-refractivity contribution is 0.421. The average Bonchev–Trinajstić information content (AvgIpc) is 2.78. The second kappa shape index (κ2) is 4.61. The van der Waals surface area contributed by atoms with Gasteiger partial charge in [0.1, 0.15) is 0 Å². The highest BCUT2D eigenvalue weighted by atomic mass is 35.5. The Labute approximate surface area is 98.7 Å². The van der Waals surface area contributed by atoms with Gasteiger partial charge < -0.3 is 4.52 Å². The summed E-state index contributed by atoms with van der Waals surface area (Å²) in [4.78, 5) is 8.43. The number of aryl methyl sites for hydroxylation is 1. The maximum atomic E-state index is 6.03. The second-order valence-corrected chi connectivity index (χ2v) is 4.00. The fourth-order valence-electron chi connectivity index (χ4n) is 1.36. The van der Waals surface area contributed by atoms with Crippen molar-refractivity contribution in [2.75, 3.05) is 0 Å². The Morgan fingerprint density at radius 2 is 2.31 bits per heavy atom. The molecular formula is C11H12ClN3O. The molecule has 0 aliphatic carbocycles. The van der Waals surface area contributed by atoms with Crippen LogP contribution in [0.25, 0.3) is 11.5 Å². The van der Waals surface area contributed by atoms with Crippen LogP contribution in [0.2, 0.25) is 0 Å². The molecule has 2 rings (SSSR count). The summed E-state index contributed by atoms with van der Waals surface area (Å²) in [6.45, 7) is 3.88. The summed E-state index contributed by atoms with van der Waals surface area (Å²) in [7, 11) is 0. The molecule has 2 heterocycles. The van der Waals surface area contributed by atoms with Crippen molar-refractivity contribution < 1.29 is 4.52 Å². The maximum absolute atomic E-state index is 6.03. The van der Waals surface area contributed by atoms with E-state index in [0.29, 0.717) is 11.7 Å². The molecular weight excluding hydrogens is 226 g/mol. The van der Waals surface area contributed by atoms with E-state index in [1.54, 1.807) is 6.20 Å². The number of rotatable bonds is 3. The van der Waals surface area contributed by atoms with Gasteiger partial charge in [0, 0.05) is 11.9 Å². The summed E-state index contributed by atoms with van der Waals surface area (Å²) in [6.07, 6.45) is 2.50. The molecule has 5 heteroatoms. The minimum Gasteiger partial charge on any atom is -0.334 e. The highest BCUT2D eigenvalue weighted by molar-refractivity contribution is 6.20. The van der Waals surface area contributed by atoms with Gasteiger partial charge in [0.2, 0.25) is 0 Å². The Hall–Kier alpha value is -1.42. The SMILES string of the molecule is CCC(Cl)c1noc(-c2cccnc2C)n1. The molecule has 4 nitrogen and oxygen atoms in total. The molecule has 0 bridgehead atoms. The number of halogens is 1. The molecule has 0 amide bonds. The second-order valence-electron chi connectivity index (χ2n) is 3.47. The van der Waals surface area contributed by atoms with Gasteiger partial charge in [-0.05, 0) is 25.5 Å². The van der Waals surface area contributed by atoms with Crippen LogP contribution in [-0.2, 0) is 0 Å². The normalized spacial score (nSPS) is 12.7. The number of pyridine rings is 1. The minimum absolute atomic E-state index is 0.200. The van der Waals surface area contributed by atoms with Crippen molar-refractivity contribution in [2.24, 2.45) is 0 Å². The number of hydrogen-bond acceptors (Lipinski definition) is 4. The fraction of sp³-hybridized carbons (Fsp3) is 0.364. The molecule has 0 saturated carbocycles. The molecule has 0 radical (unpaired) electrons. The van der Waals surface area contributed by atoms with E-state index in [9.17, 15) is 0 Å². The Morgan fingerprint density at radius 1 is 1.50 bits per heavy atom. The van der Waals surface area contributed by atoms with Crippen LogP contribution in [0.5, 0.6) is 0 Å². The monoisotopic (exact) mass is 237 g/mol. The lowest BCUT2D eigenvalue weighted by Gasteiger charge is -1.98. The first-order valence-corrected chi connectivity index (χ1v) is 5.55. The van der Waals surface area contributed by atoms with E-state index in [1.807, 2.05) is 26.0 Å². The highest BCUT2D eigenvalue weighted by Crippen LogP contribution is 2.25. The molecule has 0 fully saturated rings. The van der Waals surface area contributed by atoms with E-state index < -0.39 is 0 Å². The Kier molecular flexibility index (Phi) is 3.19. The third-order valence-corrected chi connectivity index (χ3v) is 2.82. The average molecular weight is 238 g/mol. The maximum Gasteiger partial charge on any atom is 0.259 e. The molecule has 1 atom stereocenters. The van der Waals surface area contributed by atoms with Crippen molar-refractivity contribution in [3.8, 4) is 11.5 Å². The molecule has 2 aromatic rings. The predicted octanol–water partition coefficient (Wildman–Crippen LogP) is 3.13. The van der Waals surface area contributed by atoms with Crippen LogP contribution < -0.4 is 0 Å². The van der Waals surface area contributed by atoms with Crippen molar-refractivity contribution in [2.45, 2.75) is 25.6 Å². The van der Waals surface area contributed by atoms with E-state index in [-0.39, 0.29) is 5.38 Å². The summed E-state index contributed by atoms with van der Waals surface area (Å²) in [5.74, 6) is 1.00. The van der Waals surface area contributed by atoms with Gasteiger partial charge in [-0.3, -0.25) is 4.98 Å². The Balaban J connectivity index is 2.35. The third kappa shape index (κ3) is 2.07. The summed E-state index contributed by atoms with van der Waals surface area (Å²) >= 11 is 6.03. The number of aromatic nitrogens is 3. The molecule has 0 saturated heterocycles. The fourth-order valence-corrected chi connectivity index (χ4v) is 1.45. The molecule has 2 aromatic heterocycles. The van der Waals surface area contributed by atoms with Gasteiger partial charge in [0.15, 0.2) is 5.82 Å². The lowest BCUT2D eigenvalue weighted by atomic mass is 10.2. The van der Waals surface area contributed by atoms with Crippen LogP contribution in [0, 0.1) is 6.92 Å². The zero-order valence-corrected chi connectivity index (χ0v) is 9.90. The van der Waals surface area contributed by atoms with Crippen LogP contribution in [0.15, 0.2) is 22.9 Å². The van der Waals surface area contributed by atoms with Gasteiger partial charge in [-0.15, -0.1) is 11.6 Å². The van der Waals surface area contributed by atoms with Crippen molar-refractivity contribution >= 4 is 11.6 Å². The Bertz CT molecular complexity index is 484. The first-order valence-electron chi connectivity index (χ1n) is 5.12. The molecule has 0 aliphatic rings. The van der Waals surface area contributed by atoms with E-state index in [1.165, 1.54) is 0 Å². The van der Waals surface area contributed by atoms with E-state index in [2.05, 4.69) is 15.1 Å². The largest absolute Gasteiger partial charge is 0.334 e. The molecule has 0 aliphatic heterocycles.